The van der Waals surface area contributed by atoms with Gasteiger partial charge in [0.2, 0.25) is 0 Å². The van der Waals surface area contributed by atoms with Crippen LogP contribution in [0.3, 0.4) is 0 Å². The highest BCUT2D eigenvalue weighted by molar-refractivity contribution is 5.80. The summed E-state index contributed by atoms with van der Waals surface area (Å²) in [7, 11) is 0. The number of carboxylic acids is 1. The van der Waals surface area contributed by atoms with Crippen LogP contribution in [0.4, 0.5) is 4.79 Å². The second-order valence-electron chi connectivity index (χ2n) is 5.01. The molecule has 0 spiro atoms. The van der Waals surface area contributed by atoms with E-state index in [4.69, 9.17) is 14.6 Å². The smallest absolute Gasteiger partial charge is 0.408 e. The molecule has 0 aromatic rings. The summed E-state index contributed by atoms with van der Waals surface area (Å²) in [5.41, 5.74) is 0.0995. The van der Waals surface area contributed by atoms with Crippen molar-refractivity contribution in [3.8, 4) is 0 Å². The normalized spacial score (nSPS) is 12.7. The minimum Gasteiger partial charge on any atom is -0.480 e. The van der Waals surface area contributed by atoms with Crippen molar-refractivity contribution in [3.63, 3.8) is 0 Å². The van der Waals surface area contributed by atoms with Crippen LogP contribution in [0.25, 0.3) is 0 Å². The predicted molar refractivity (Wildman–Crippen MR) is 66.4 cm³/mol. The monoisotopic (exact) mass is 259 g/mol. The first-order valence-electron chi connectivity index (χ1n) is 5.56. The number of hydrogen-bond donors (Lipinski definition) is 2. The lowest BCUT2D eigenvalue weighted by Crippen LogP contribution is -2.46. The van der Waals surface area contributed by atoms with Gasteiger partial charge in [-0.15, -0.1) is 0 Å². The Hall–Kier alpha value is -1.56. The second kappa shape index (κ2) is 7.00. The summed E-state index contributed by atoms with van der Waals surface area (Å²) in [6.45, 7) is 10.6. The van der Waals surface area contributed by atoms with Crippen LogP contribution in [0.5, 0.6) is 0 Å². The number of hydrogen-bond acceptors (Lipinski definition) is 4. The molecule has 0 aliphatic heterocycles. The molecule has 0 saturated heterocycles. The van der Waals surface area contributed by atoms with E-state index < -0.39 is 23.7 Å². The average Bonchev–Trinajstić information content (AvgIpc) is 2.12. The molecule has 104 valence electrons. The van der Waals surface area contributed by atoms with Gasteiger partial charge in [0.1, 0.15) is 5.60 Å². The van der Waals surface area contributed by atoms with Gasteiger partial charge in [0.15, 0.2) is 6.04 Å². The first-order chi connectivity index (χ1) is 8.11. The van der Waals surface area contributed by atoms with Crippen LogP contribution in [0.15, 0.2) is 12.2 Å². The van der Waals surface area contributed by atoms with E-state index in [9.17, 15) is 9.59 Å². The third kappa shape index (κ3) is 8.58. The maximum Gasteiger partial charge on any atom is 0.408 e. The van der Waals surface area contributed by atoms with Crippen LogP contribution in [0.1, 0.15) is 27.7 Å². The highest BCUT2D eigenvalue weighted by Gasteiger charge is 2.23. The first-order valence-corrected chi connectivity index (χ1v) is 5.56. The molecular formula is C12H21NO5. The fourth-order valence-corrected chi connectivity index (χ4v) is 0.976. The van der Waals surface area contributed by atoms with E-state index in [-0.39, 0.29) is 13.2 Å². The van der Waals surface area contributed by atoms with Gasteiger partial charge in [-0.1, -0.05) is 12.2 Å². The fourth-order valence-electron chi connectivity index (χ4n) is 0.976. The maximum absolute atomic E-state index is 11.4. The zero-order valence-corrected chi connectivity index (χ0v) is 11.3. The van der Waals surface area contributed by atoms with Gasteiger partial charge in [-0.25, -0.2) is 9.59 Å². The zero-order valence-electron chi connectivity index (χ0n) is 11.3. The number of rotatable bonds is 6. The summed E-state index contributed by atoms with van der Waals surface area (Å²) >= 11 is 0. The topological polar surface area (TPSA) is 84.9 Å². The lowest BCUT2D eigenvalue weighted by molar-refractivity contribution is -0.141. The number of nitrogens with one attached hydrogen (secondary N) is 1. The van der Waals surface area contributed by atoms with Crippen LogP contribution < -0.4 is 5.32 Å². The van der Waals surface area contributed by atoms with Crippen LogP contribution in [-0.4, -0.2) is 42.0 Å². The highest BCUT2D eigenvalue weighted by Crippen LogP contribution is 2.06. The van der Waals surface area contributed by atoms with E-state index in [2.05, 4.69) is 11.9 Å². The third-order valence-electron chi connectivity index (χ3n) is 1.62. The molecular weight excluding hydrogens is 238 g/mol. The molecule has 6 nitrogen and oxygen atoms in total. The molecule has 0 bridgehead atoms. The van der Waals surface area contributed by atoms with Gasteiger partial charge < -0.3 is 19.9 Å². The first kappa shape index (κ1) is 16.4. The van der Waals surface area contributed by atoms with Gasteiger partial charge in [-0.2, -0.15) is 0 Å². The second-order valence-corrected chi connectivity index (χ2v) is 5.01. The zero-order chi connectivity index (χ0) is 14.3. The van der Waals surface area contributed by atoms with Crippen molar-refractivity contribution in [2.75, 3.05) is 13.2 Å². The van der Waals surface area contributed by atoms with Crippen molar-refractivity contribution < 1.29 is 24.2 Å². The molecule has 0 aliphatic rings. The Morgan fingerprint density at radius 2 is 1.94 bits per heavy atom. The highest BCUT2D eigenvalue weighted by atomic mass is 16.6. The molecule has 2 N–H and O–H groups in total. The summed E-state index contributed by atoms with van der Waals surface area (Å²) in [6, 6.07) is -1.14. The van der Waals surface area contributed by atoms with Gasteiger partial charge in [0.05, 0.1) is 13.2 Å². The number of carbonyl (C=O) groups excluding carboxylic acids is 1. The van der Waals surface area contributed by atoms with Gasteiger partial charge >= 0.3 is 12.1 Å². The molecule has 0 aromatic carbocycles. The van der Waals surface area contributed by atoms with Crippen LogP contribution in [0, 0.1) is 0 Å². The van der Waals surface area contributed by atoms with Crippen molar-refractivity contribution in [3.05, 3.63) is 12.2 Å². The molecule has 6 heteroatoms. The molecule has 0 aromatic heterocycles. The van der Waals surface area contributed by atoms with E-state index in [0.29, 0.717) is 0 Å². The van der Waals surface area contributed by atoms with Gasteiger partial charge in [0, 0.05) is 0 Å². The van der Waals surface area contributed by atoms with Gasteiger partial charge in [-0.3, -0.25) is 0 Å². The largest absolute Gasteiger partial charge is 0.480 e. The summed E-state index contributed by atoms with van der Waals surface area (Å²) in [5, 5.41) is 11.1. The number of aliphatic carboxylic acids is 1. The van der Waals surface area contributed by atoms with Crippen molar-refractivity contribution in [2.24, 2.45) is 0 Å². The summed E-state index contributed by atoms with van der Waals surface area (Å²) in [5.74, 6) is -1.18. The van der Waals surface area contributed by atoms with E-state index in [0.717, 1.165) is 5.57 Å². The molecule has 0 aliphatic carbocycles. The molecule has 1 amide bonds. The van der Waals surface area contributed by atoms with Crippen molar-refractivity contribution in [2.45, 2.75) is 39.3 Å². The Morgan fingerprint density at radius 3 is 2.33 bits per heavy atom. The SMILES string of the molecule is C=C(C)COC[C@@H](NC(=O)OC(C)(C)C)C(=O)O. The number of alkyl carbamates (subject to hydrolysis) is 1. The number of carboxylic acid groups (broad SMARTS) is 1. The van der Waals surface area contributed by atoms with Gasteiger partial charge in [0.25, 0.3) is 0 Å². The molecule has 18 heavy (non-hydrogen) atoms. The van der Waals surface area contributed by atoms with E-state index in [1.165, 1.54) is 0 Å². The van der Waals surface area contributed by atoms with Crippen molar-refractivity contribution in [1.82, 2.24) is 5.32 Å². The van der Waals surface area contributed by atoms with Gasteiger partial charge in [-0.05, 0) is 27.7 Å². The average molecular weight is 259 g/mol. The predicted octanol–water partition coefficient (Wildman–Crippen LogP) is 1.56. The Bertz CT molecular complexity index is 319. The number of carbonyl (C=O) groups is 2. The van der Waals surface area contributed by atoms with Crippen LogP contribution >= 0.6 is 0 Å². The summed E-state index contributed by atoms with van der Waals surface area (Å²) < 4.78 is 10.1. The number of ether oxygens (including phenoxy) is 2. The maximum atomic E-state index is 11.4. The van der Waals surface area contributed by atoms with E-state index >= 15 is 0 Å². The third-order valence-corrected chi connectivity index (χ3v) is 1.62. The van der Waals surface area contributed by atoms with Crippen LogP contribution in [0.2, 0.25) is 0 Å². The fraction of sp³-hybridized carbons (Fsp3) is 0.667. The number of amides is 1. The summed E-state index contributed by atoms with van der Waals surface area (Å²) in [4.78, 5) is 22.3. The minimum atomic E-state index is -1.18. The Balaban J connectivity index is 4.23. The molecule has 0 unspecified atom stereocenters. The Kier molecular flexibility index (Phi) is 6.40. The molecule has 0 rings (SSSR count). The van der Waals surface area contributed by atoms with E-state index in [1.807, 2.05) is 0 Å². The minimum absolute atomic E-state index is 0.137. The molecule has 0 heterocycles. The Labute approximate surface area is 107 Å². The Morgan fingerprint density at radius 1 is 1.39 bits per heavy atom. The van der Waals surface area contributed by atoms with E-state index in [1.54, 1.807) is 27.7 Å². The van der Waals surface area contributed by atoms with Crippen molar-refractivity contribution in [1.29, 1.82) is 0 Å². The molecule has 0 saturated carbocycles. The standard InChI is InChI=1S/C12H21NO5/c1-8(2)6-17-7-9(10(14)15)13-11(16)18-12(3,4)5/h9H,1,6-7H2,2-5H3,(H,13,16)(H,14,15)/t9-/m1/s1. The summed E-state index contributed by atoms with van der Waals surface area (Å²) in [6.07, 6.45) is -0.783. The lowest BCUT2D eigenvalue weighted by Gasteiger charge is -2.22. The molecule has 0 fully saturated rings. The quantitative estimate of drug-likeness (QED) is 0.707. The van der Waals surface area contributed by atoms with Crippen molar-refractivity contribution >= 4 is 12.1 Å². The lowest BCUT2D eigenvalue weighted by atomic mass is 10.2. The molecule has 1 atom stereocenters. The molecule has 0 radical (unpaired) electrons. The van der Waals surface area contributed by atoms with Crippen LogP contribution in [-0.2, 0) is 14.3 Å².